The maximum Gasteiger partial charge on any atom is 0.256 e. The molecule has 0 saturated carbocycles. The number of aryl methyl sites for hydroxylation is 1. The van der Waals surface area contributed by atoms with E-state index in [1.165, 1.54) is 5.56 Å². The molecule has 1 fully saturated rings. The molecule has 2 atom stereocenters. The van der Waals surface area contributed by atoms with Gasteiger partial charge in [0.2, 0.25) is 0 Å². The van der Waals surface area contributed by atoms with Crippen LogP contribution < -0.4 is 5.32 Å². The summed E-state index contributed by atoms with van der Waals surface area (Å²) in [6.07, 6.45) is 1.11. The first-order valence-corrected chi connectivity index (χ1v) is 7.18. The molecule has 2 unspecified atom stereocenters. The molecule has 1 aliphatic rings. The fraction of sp³-hybridized carbons (Fsp3) is 0.562. The molecule has 1 aliphatic heterocycles. The van der Waals surface area contributed by atoms with Gasteiger partial charge in [-0.15, -0.1) is 0 Å². The Kier molecular flexibility index (Phi) is 4.13. The van der Waals surface area contributed by atoms with E-state index in [2.05, 4.69) is 39.1 Å². The molecule has 0 spiro atoms. The molecule has 0 aliphatic carbocycles. The molecule has 2 rings (SSSR count). The summed E-state index contributed by atoms with van der Waals surface area (Å²) in [5.74, 6) is 0.764. The van der Waals surface area contributed by atoms with Crippen LogP contribution in [0.2, 0.25) is 0 Å². The van der Waals surface area contributed by atoms with E-state index in [4.69, 9.17) is 0 Å². The van der Waals surface area contributed by atoms with E-state index in [1.807, 2.05) is 17.0 Å². The van der Waals surface area contributed by atoms with Crippen molar-refractivity contribution in [1.29, 1.82) is 0 Å². The number of carbonyl (C=O) groups is 1. The van der Waals surface area contributed by atoms with Crippen molar-refractivity contribution in [3.05, 3.63) is 29.3 Å². The monoisotopic (exact) mass is 260 g/mol. The molecule has 0 radical (unpaired) electrons. The molecule has 104 valence electrons. The average molecular weight is 260 g/mol. The highest BCUT2D eigenvalue weighted by molar-refractivity contribution is 6.00. The average Bonchev–Trinajstić information content (AvgIpc) is 2.68. The molecule has 3 heteroatoms. The summed E-state index contributed by atoms with van der Waals surface area (Å²) in [7, 11) is 0. The van der Waals surface area contributed by atoms with Crippen molar-refractivity contribution < 1.29 is 4.79 Å². The van der Waals surface area contributed by atoms with Gasteiger partial charge < -0.3 is 10.2 Å². The Morgan fingerprint density at radius 2 is 2.16 bits per heavy atom. The smallest absolute Gasteiger partial charge is 0.256 e. The lowest BCUT2D eigenvalue weighted by atomic mass is 10.1. The van der Waals surface area contributed by atoms with Crippen LogP contribution >= 0.6 is 0 Å². The minimum atomic E-state index is 0.160. The number of amides is 1. The van der Waals surface area contributed by atoms with E-state index in [0.717, 1.165) is 30.8 Å². The SMILES string of the molecule is CCNc1cc(C)ccc1C(=O)N1CC(C)CC1C. The van der Waals surface area contributed by atoms with E-state index in [0.29, 0.717) is 12.0 Å². The van der Waals surface area contributed by atoms with Crippen LogP contribution in [0.1, 0.15) is 43.1 Å². The molecule has 1 amide bonds. The zero-order valence-corrected chi connectivity index (χ0v) is 12.4. The number of benzene rings is 1. The normalized spacial score (nSPS) is 22.6. The number of likely N-dealkylation sites (tertiary alicyclic amines) is 1. The van der Waals surface area contributed by atoms with Crippen LogP contribution in [0.5, 0.6) is 0 Å². The summed E-state index contributed by atoms with van der Waals surface area (Å²) in [6, 6.07) is 6.36. The third kappa shape index (κ3) is 2.91. The van der Waals surface area contributed by atoms with Crippen molar-refractivity contribution in [3.8, 4) is 0 Å². The van der Waals surface area contributed by atoms with Crippen LogP contribution in [0.3, 0.4) is 0 Å². The van der Waals surface area contributed by atoms with Crippen LogP contribution in [0.4, 0.5) is 5.69 Å². The minimum absolute atomic E-state index is 0.160. The van der Waals surface area contributed by atoms with Gasteiger partial charge in [-0.2, -0.15) is 0 Å². The van der Waals surface area contributed by atoms with Crippen LogP contribution in [0.25, 0.3) is 0 Å². The largest absolute Gasteiger partial charge is 0.385 e. The van der Waals surface area contributed by atoms with Gasteiger partial charge >= 0.3 is 0 Å². The minimum Gasteiger partial charge on any atom is -0.385 e. The predicted molar refractivity (Wildman–Crippen MR) is 79.6 cm³/mol. The lowest BCUT2D eigenvalue weighted by molar-refractivity contribution is 0.0745. The standard InChI is InChI=1S/C16H24N2O/c1-5-17-15-9-11(2)6-7-14(15)16(19)18-10-12(3)8-13(18)4/h6-7,9,12-13,17H,5,8,10H2,1-4H3. The van der Waals surface area contributed by atoms with Crippen molar-refractivity contribution in [2.45, 2.75) is 40.2 Å². The summed E-state index contributed by atoms with van der Waals surface area (Å²) in [5.41, 5.74) is 2.93. The quantitative estimate of drug-likeness (QED) is 0.904. The van der Waals surface area contributed by atoms with Gasteiger partial charge in [-0.3, -0.25) is 4.79 Å². The molecule has 1 saturated heterocycles. The number of hydrogen-bond donors (Lipinski definition) is 1. The van der Waals surface area contributed by atoms with E-state index in [1.54, 1.807) is 0 Å². The zero-order valence-electron chi connectivity index (χ0n) is 12.4. The Labute approximate surface area is 116 Å². The van der Waals surface area contributed by atoms with E-state index < -0.39 is 0 Å². The summed E-state index contributed by atoms with van der Waals surface area (Å²) >= 11 is 0. The van der Waals surface area contributed by atoms with E-state index in [-0.39, 0.29) is 5.91 Å². The number of nitrogens with zero attached hydrogens (tertiary/aromatic N) is 1. The molecular formula is C16H24N2O. The summed E-state index contributed by atoms with van der Waals surface area (Å²) in [6.45, 7) is 10.2. The van der Waals surface area contributed by atoms with Crippen LogP contribution in [0, 0.1) is 12.8 Å². The topological polar surface area (TPSA) is 32.3 Å². The second kappa shape index (κ2) is 5.64. The molecule has 19 heavy (non-hydrogen) atoms. The van der Waals surface area contributed by atoms with Crippen molar-refractivity contribution in [1.82, 2.24) is 4.90 Å². The van der Waals surface area contributed by atoms with Crippen LogP contribution in [-0.4, -0.2) is 29.9 Å². The molecule has 1 heterocycles. The van der Waals surface area contributed by atoms with Crippen molar-refractivity contribution in [3.63, 3.8) is 0 Å². The first-order chi connectivity index (χ1) is 9.02. The number of carbonyl (C=O) groups excluding carboxylic acids is 1. The van der Waals surface area contributed by atoms with Crippen LogP contribution in [0.15, 0.2) is 18.2 Å². The Balaban J connectivity index is 2.28. The van der Waals surface area contributed by atoms with E-state index in [9.17, 15) is 4.79 Å². The lowest BCUT2D eigenvalue weighted by Crippen LogP contribution is -2.34. The highest BCUT2D eigenvalue weighted by atomic mass is 16.2. The van der Waals surface area contributed by atoms with Crippen molar-refractivity contribution in [2.24, 2.45) is 5.92 Å². The Hall–Kier alpha value is -1.51. The summed E-state index contributed by atoms with van der Waals surface area (Å²) in [5, 5.41) is 3.30. The van der Waals surface area contributed by atoms with Gasteiger partial charge in [-0.25, -0.2) is 0 Å². The summed E-state index contributed by atoms with van der Waals surface area (Å²) < 4.78 is 0. The number of anilines is 1. The number of rotatable bonds is 3. The van der Waals surface area contributed by atoms with Crippen LogP contribution in [-0.2, 0) is 0 Å². The van der Waals surface area contributed by atoms with Gasteiger partial charge in [0.1, 0.15) is 0 Å². The highest BCUT2D eigenvalue weighted by Crippen LogP contribution is 2.27. The first kappa shape index (κ1) is 13.9. The van der Waals surface area contributed by atoms with E-state index >= 15 is 0 Å². The highest BCUT2D eigenvalue weighted by Gasteiger charge is 2.31. The molecule has 0 bridgehead atoms. The van der Waals surface area contributed by atoms with Gasteiger partial charge in [-0.05, 0) is 50.8 Å². The van der Waals surface area contributed by atoms with Gasteiger partial charge in [-0.1, -0.05) is 13.0 Å². The fourth-order valence-electron chi connectivity index (χ4n) is 2.92. The maximum absolute atomic E-state index is 12.7. The molecule has 3 nitrogen and oxygen atoms in total. The Morgan fingerprint density at radius 3 is 2.74 bits per heavy atom. The second-order valence-electron chi connectivity index (χ2n) is 5.73. The van der Waals surface area contributed by atoms with Crippen molar-refractivity contribution >= 4 is 11.6 Å². The third-order valence-corrected chi connectivity index (χ3v) is 3.82. The number of nitrogens with one attached hydrogen (secondary N) is 1. The Morgan fingerprint density at radius 1 is 1.42 bits per heavy atom. The predicted octanol–water partition coefficient (Wildman–Crippen LogP) is 3.30. The van der Waals surface area contributed by atoms with Gasteiger partial charge in [0.25, 0.3) is 5.91 Å². The third-order valence-electron chi connectivity index (χ3n) is 3.82. The lowest BCUT2D eigenvalue weighted by Gasteiger charge is -2.23. The zero-order chi connectivity index (χ0) is 14.0. The molecule has 1 aromatic rings. The summed E-state index contributed by atoms with van der Waals surface area (Å²) in [4.78, 5) is 14.7. The van der Waals surface area contributed by atoms with Gasteiger partial charge in [0, 0.05) is 24.8 Å². The first-order valence-electron chi connectivity index (χ1n) is 7.18. The van der Waals surface area contributed by atoms with Gasteiger partial charge in [0.05, 0.1) is 5.56 Å². The molecule has 1 N–H and O–H groups in total. The second-order valence-corrected chi connectivity index (χ2v) is 5.73. The number of hydrogen-bond acceptors (Lipinski definition) is 2. The molecule has 1 aromatic carbocycles. The molecule has 0 aromatic heterocycles. The molecular weight excluding hydrogens is 236 g/mol. The fourth-order valence-corrected chi connectivity index (χ4v) is 2.92. The Bertz CT molecular complexity index is 470. The maximum atomic E-state index is 12.7. The van der Waals surface area contributed by atoms with Crippen molar-refractivity contribution in [2.75, 3.05) is 18.4 Å². The van der Waals surface area contributed by atoms with Gasteiger partial charge in [0.15, 0.2) is 0 Å².